The third-order valence-electron chi connectivity index (χ3n) is 2.25. The molecular weight excluding hydrogens is 255 g/mol. The minimum Gasteiger partial charge on any atom is -0.229 e. The van der Waals surface area contributed by atoms with Crippen LogP contribution in [-0.4, -0.2) is 9.97 Å². The summed E-state index contributed by atoms with van der Waals surface area (Å²) in [6.07, 6.45) is 1.56. The van der Waals surface area contributed by atoms with Crippen LogP contribution in [0.25, 0.3) is 10.2 Å². The van der Waals surface area contributed by atoms with Crippen molar-refractivity contribution in [2.24, 2.45) is 0 Å². The van der Waals surface area contributed by atoms with Gasteiger partial charge < -0.3 is 0 Å². The molecule has 2 nitrogen and oxygen atoms in total. The van der Waals surface area contributed by atoms with Crippen molar-refractivity contribution in [2.75, 3.05) is 0 Å². The number of benzene rings is 1. The van der Waals surface area contributed by atoms with E-state index in [0.29, 0.717) is 0 Å². The van der Waals surface area contributed by atoms with Crippen molar-refractivity contribution in [1.29, 1.82) is 0 Å². The van der Waals surface area contributed by atoms with Crippen LogP contribution in [-0.2, 0) is 0 Å². The molecule has 17 heavy (non-hydrogen) atoms. The van der Waals surface area contributed by atoms with Crippen molar-refractivity contribution < 1.29 is 4.39 Å². The highest BCUT2D eigenvalue weighted by molar-refractivity contribution is 7.99. The minimum absolute atomic E-state index is 0.224. The van der Waals surface area contributed by atoms with Gasteiger partial charge in [0.2, 0.25) is 0 Å². The van der Waals surface area contributed by atoms with E-state index < -0.39 is 0 Å². The number of halogens is 1. The van der Waals surface area contributed by atoms with Crippen molar-refractivity contribution in [3.8, 4) is 0 Å². The molecule has 2 heterocycles. The quantitative estimate of drug-likeness (QED) is 0.653. The van der Waals surface area contributed by atoms with Gasteiger partial charge in [-0.25, -0.2) is 14.4 Å². The summed E-state index contributed by atoms with van der Waals surface area (Å²) in [4.78, 5) is 10.4. The van der Waals surface area contributed by atoms with Crippen molar-refractivity contribution in [3.05, 3.63) is 47.9 Å². The molecule has 0 radical (unpaired) electrons. The third-order valence-corrected chi connectivity index (χ3v) is 4.10. The lowest BCUT2D eigenvalue weighted by atomic mass is 10.4. The molecule has 0 fully saturated rings. The van der Waals surface area contributed by atoms with E-state index in [1.165, 1.54) is 23.9 Å². The maximum atomic E-state index is 12.8. The predicted molar refractivity (Wildman–Crippen MR) is 67.9 cm³/mol. The lowest BCUT2D eigenvalue weighted by Crippen LogP contribution is -1.83. The van der Waals surface area contributed by atoms with E-state index in [-0.39, 0.29) is 5.82 Å². The normalized spacial score (nSPS) is 10.9. The maximum Gasteiger partial charge on any atom is 0.127 e. The highest BCUT2D eigenvalue weighted by Crippen LogP contribution is 2.32. The molecular formula is C12H7FN2S2. The van der Waals surface area contributed by atoms with Crippen LogP contribution in [0, 0.1) is 5.82 Å². The zero-order valence-corrected chi connectivity index (χ0v) is 10.3. The van der Waals surface area contributed by atoms with E-state index in [4.69, 9.17) is 0 Å². The molecule has 5 heteroatoms. The average Bonchev–Trinajstić information content (AvgIpc) is 2.81. The Morgan fingerprint density at radius 2 is 1.88 bits per heavy atom. The summed E-state index contributed by atoms with van der Waals surface area (Å²) in [5.41, 5.74) is 0. The van der Waals surface area contributed by atoms with Gasteiger partial charge in [-0.15, -0.1) is 11.3 Å². The van der Waals surface area contributed by atoms with Gasteiger partial charge >= 0.3 is 0 Å². The minimum atomic E-state index is -0.224. The van der Waals surface area contributed by atoms with Gasteiger partial charge in [-0.3, -0.25) is 0 Å². The van der Waals surface area contributed by atoms with E-state index in [1.54, 1.807) is 29.8 Å². The van der Waals surface area contributed by atoms with Gasteiger partial charge in [0.1, 0.15) is 22.0 Å². The first-order valence-corrected chi connectivity index (χ1v) is 6.64. The number of thiophene rings is 1. The van der Waals surface area contributed by atoms with Crippen LogP contribution in [0.3, 0.4) is 0 Å². The highest BCUT2D eigenvalue weighted by Gasteiger charge is 2.06. The molecule has 0 aliphatic rings. The topological polar surface area (TPSA) is 25.8 Å². The molecule has 84 valence electrons. The van der Waals surface area contributed by atoms with Crippen LogP contribution in [0.4, 0.5) is 4.39 Å². The number of hydrogen-bond acceptors (Lipinski definition) is 4. The second-order valence-electron chi connectivity index (χ2n) is 3.37. The van der Waals surface area contributed by atoms with Crippen molar-refractivity contribution in [2.45, 2.75) is 9.92 Å². The molecule has 0 bridgehead atoms. The largest absolute Gasteiger partial charge is 0.229 e. The van der Waals surface area contributed by atoms with E-state index in [2.05, 4.69) is 9.97 Å². The van der Waals surface area contributed by atoms with Crippen LogP contribution in [0.1, 0.15) is 0 Å². The fourth-order valence-corrected chi connectivity index (χ4v) is 3.13. The monoisotopic (exact) mass is 262 g/mol. The second-order valence-corrected chi connectivity index (χ2v) is 5.33. The Hall–Kier alpha value is -1.46. The zero-order valence-electron chi connectivity index (χ0n) is 8.63. The van der Waals surface area contributed by atoms with E-state index in [1.807, 2.05) is 11.4 Å². The van der Waals surface area contributed by atoms with Crippen LogP contribution >= 0.6 is 23.1 Å². The SMILES string of the molecule is Fc1ccc(Sc2ncnc3sccc23)cc1. The molecule has 0 N–H and O–H groups in total. The second kappa shape index (κ2) is 4.43. The summed E-state index contributed by atoms with van der Waals surface area (Å²) in [5.74, 6) is -0.224. The molecule has 0 aliphatic carbocycles. The molecule has 3 aromatic rings. The van der Waals surface area contributed by atoms with E-state index >= 15 is 0 Å². The number of rotatable bonds is 2. The van der Waals surface area contributed by atoms with E-state index in [9.17, 15) is 4.39 Å². The highest BCUT2D eigenvalue weighted by atomic mass is 32.2. The number of hydrogen-bond donors (Lipinski definition) is 0. The van der Waals surface area contributed by atoms with Crippen LogP contribution < -0.4 is 0 Å². The van der Waals surface area contributed by atoms with Gasteiger partial charge in [-0.1, -0.05) is 11.8 Å². The Bertz CT molecular complexity index is 649. The molecule has 0 amide bonds. The molecule has 3 rings (SSSR count). The van der Waals surface area contributed by atoms with E-state index in [0.717, 1.165) is 20.1 Å². The van der Waals surface area contributed by atoms with Crippen LogP contribution in [0.2, 0.25) is 0 Å². The Morgan fingerprint density at radius 3 is 2.71 bits per heavy atom. The number of nitrogens with zero attached hydrogens (tertiary/aromatic N) is 2. The van der Waals surface area contributed by atoms with Crippen molar-refractivity contribution >= 4 is 33.3 Å². The molecule has 0 aliphatic heterocycles. The lowest BCUT2D eigenvalue weighted by molar-refractivity contribution is 0.626. The molecule has 0 spiro atoms. The number of aromatic nitrogens is 2. The lowest BCUT2D eigenvalue weighted by Gasteiger charge is -2.01. The summed E-state index contributed by atoms with van der Waals surface area (Å²) in [5, 5.41) is 3.95. The molecule has 0 atom stereocenters. The summed E-state index contributed by atoms with van der Waals surface area (Å²) in [6, 6.07) is 8.41. The Kier molecular flexibility index (Phi) is 2.78. The van der Waals surface area contributed by atoms with Crippen LogP contribution in [0.5, 0.6) is 0 Å². The first-order chi connectivity index (χ1) is 8.33. The first kappa shape index (κ1) is 10.7. The standard InChI is InChI=1S/C12H7FN2S2/c13-8-1-3-9(4-2-8)17-12-10-5-6-16-11(10)14-7-15-12/h1-7H. The Labute approximate surface area is 106 Å². The summed E-state index contributed by atoms with van der Waals surface area (Å²) in [7, 11) is 0. The van der Waals surface area contributed by atoms with Gasteiger partial charge in [0.05, 0.1) is 0 Å². The zero-order chi connectivity index (χ0) is 11.7. The first-order valence-electron chi connectivity index (χ1n) is 4.94. The third kappa shape index (κ3) is 2.16. The number of fused-ring (bicyclic) bond motifs is 1. The summed E-state index contributed by atoms with van der Waals surface area (Å²) < 4.78 is 12.8. The molecule has 2 aromatic heterocycles. The summed E-state index contributed by atoms with van der Waals surface area (Å²) in [6.45, 7) is 0. The Balaban J connectivity index is 1.99. The van der Waals surface area contributed by atoms with Crippen molar-refractivity contribution in [3.63, 3.8) is 0 Å². The molecule has 0 saturated carbocycles. The summed E-state index contributed by atoms with van der Waals surface area (Å²) >= 11 is 3.11. The van der Waals surface area contributed by atoms with Gasteiger partial charge in [0.15, 0.2) is 0 Å². The van der Waals surface area contributed by atoms with Gasteiger partial charge in [-0.2, -0.15) is 0 Å². The maximum absolute atomic E-state index is 12.8. The van der Waals surface area contributed by atoms with Crippen LogP contribution in [0.15, 0.2) is 52.0 Å². The van der Waals surface area contributed by atoms with Gasteiger partial charge in [0, 0.05) is 10.3 Å². The van der Waals surface area contributed by atoms with Gasteiger partial charge in [0.25, 0.3) is 0 Å². The fourth-order valence-electron chi connectivity index (χ4n) is 1.46. The molecule has 1 aromatic carbocycles. The fraction of sp³-hybridized carbons (Fsp3) is 0. The smallest absolute Gasteiger partial charge is 0.127 e. The molecule has 0 unspecified atom stereocenters. The average molecular weight is 262 g/mol. The van der Waals surface area contributed by atoms with Crippen molar-refractivity contribution in [1.82, 2.24) is 9.97 Å². The predicted octanol–water partition coefficient (Wildman–Crippen LogP) is 3.98. The van der Waals surface area contributed by atoms with Gasteiger partial charge in [-0.05, 0) is 35.7 Å². The molecule has 0 saturated heterocycles. The Morgan fingerprint density at radius 1 is 1.06 bits per heavy atom.